The number of hydrogen-bond donors (Lipinski definition) is 0. The second-order valence-electron chi connectivity index (χ2n) is 5.11. The van der Waals surface area contributed by atoms with Crippen LogP contribution in [0.5, 0.6) is 0 Å². The number of aromatic nitrogens is 3. The van der Waals surface area contributed by atoms with Crippen molar-refractivity contribution < 1.29 is 9.26 Å². The van der Waals surface area contributed by atoms with Gasteiger partial charge in [-0.25, -0.2) is 4.98 Å². The SMILES string of the molecule is CO[C@H](C)c1nc(Cc2nc(-c3cccc(C)c3)no2)cs1. The summed E-state index contributed by atoms with van der Waals surface area (Å²) in [4.78, 5) is 8.98. The van der Waals surface area contributed by atoms with Crippen LogP contribution in [0.3, 0.4) is 0 Å². The van der Waals surface area contributed by atoms with Crippen molar-refractivity contribution >= 4 is 11.3 Å². The summed E-state index contributed by atoms with van der Waals surface area (Å²) < 4.78 is 10.6. The summed E-state index contributed by atoms with van der Waals surface area (Å²) in [5.74, 6) is 1.18. The van der Waals surface area contributed by atoms with Crippen molar-refractivity contribution in [2.45, 2.75) is 26.4 Å². The zero-order valence-electron chi connectivity index (χ0n) is 12.7. The molecule has 6 heteroatoms. The molecule has 0 saturated heterocycles. The topological polar surface area (TPSA) is 61.0 Å². The van der Waals surface area contributed by atoms with E-state index >= 15 is 0 Å². The lowest BCUT2D eigenvalue weighted by Crippen LogP contribution is -1.96. The van der Waals surface area contributed by atoms with E-state index in [1.54, 1.807) is 18.4 Å². The Morgan fingerprint density at radius 1 is 1.32 bits per heavy atom. The number of benzene rings is 1. The van der Waals surface area contributed by atoms with Gasteiger partial charge in [-0.2, -0.15) is 4.98 Å². The number of nitrogens with zero attached hydrogens (tertiary/aromatic N) is 3. The zero-order valence-corrected chi connectivity index (χ0v) is 13.6. The number of ether oxygens (including phenoxy) is 1. The van der Waals surface area contributed by atoms with Crippen LogP contribution in [0.4, 0.5) is 0 Å². The zero-order chi connectivity index (χ0) is 15.5. The molecule has 114 valence electrons. The molecule has 0 fully saturated rings. The largest absolute Gasteiger partial charge is 0.375 e. The summed E-state index contributed by atoms with van der Waals surface area (Å²) in [7, 11) is 1.68. The van der Waals surface area contributed by atoms with Crippen molar-refractivity contribution in [3.63, 3.8) is 0 Å². The molecular weight excluding hydrogens is 298 g/mol. The predicted octanol–water partition coefficient (Wildman–Crippen LogP) is 3.80. The van der Waals surface area contributed by atoms with Gasteiger partial charge >= 0.3 is 0 Å². The lowest BCUT2D eigenvalue weighted by Gasteiger charge is -2.03. The molecule has 5 nitrogen and oxygen atoms in total. The Hall–Kier alpha value is -2.05. The molecule has 0 radical (unpaired) electrons. The molecule has 0 amide bonds. The minimum atomic E-state index is 0.00397. The molecule has 0 bridgehead atoms. The fourth-order valence-electron chi connectivity index (χ4n) is 2.07. The Kier molecular flexibility index (Phi) is 4.31. The summed E-state index contributed by atoms with van der Waals surface area (Å²) in [5.41, 5.74) is 3.05. The van der Waals surface area contributed by atoms with Gasteiger partial charge in [0.1, 0.15) is 11.1 Å². The Bertz CT molecular complexity index is 766. The molecule has 0 unspecified atom stereocenters. The minimum Gasteiger partial charge on any atom is -0.375 e. The maximum atomic E-state index is 5.33. The highest BCUT2D eigenvalue weighted by molar-refractivity contribution is 7.09. The Morgan fingerprint density at radius 3 is 2.95 bits per heavy atom. The summed E-state index contributed by atoms with van der Waals surface area (Å²) in [6, 6.07) is 8.04. The molecule has 0 aliphatic carbocycles. The van der Waals surface area contributed by atoms with Crippen molar-refractivity contribution in [2.24, 2.45) is 0 Å². The number of hydrogen-bond acceptors (Lipinski definition) is 6. The van der Waals surface area contributed by atoms with Gasteiger partial charge in [0, 0.05) is 18.1 Å². The van der Waals surface area contributed by atoms with Gasteiger partial charge < -0.3 is 9.26 Å². The van der Waals surface area contributed by atoms with Gasteiger partial charge in [-0.15, -0.1) is 11.3 Å². The van der Waals surface area contributed by atoms with Gasteiger partial charge in [-0.3, -0.25) is 0 Å². The third kappa shape index (κ3) is 3.23. The molecule has 0 N–H and O–H groups in total. The smallest absolute Gasteiger partial charge is 0.233 e. The van der Waals surface area contributed by atoms with E-state index in [0.717, 1.165) is 16.3 Å². The molecule has 2 aromatic heterocycles. The van der Waals surface area contributed by atoms with E-state index in [9.17, 15) is 0 Å². The second kappa shape index (κ2) is 6.37. The van der Waals surface area contributed by atoms with Crippen LogP contribution in [0.2, 0.25) is 0 Å². The standard InChI is InChI=1S/C16H17N3O2S/c1-10-5-4-6-12(7-10)15-18-14(21-19-15)8-13-9-22-16(17-13)11(2)20-3/h4-7,9,11H,8H2,1-3H3/t11-/m1/s1. The van der Waals surface area contributed by atoms with Crippen LogP contribution in [0.1, 0.15) is 35.2 Å². The van der Waals surface area contributed by atoms with Crippen molar-refractivity contribution in [1.82, 2.24) is 15.1 Å². The van der Waals surface area contributed by atoms with E-state index in [2.05, 4.69) is 15.1 Å². The summed E-state index contributed by atoms with van der Waals surface area (Å²) in [6.45, 7) is 4.02. The van der Waals surface area contributed by atoms with Crippen LogP contribution in [0.15, 0.2) is 34.2 Å². The van der Waals surface area contributed by atoms with Crippen molar-refractivity contribution in [3.05, 3.63) is 51.8 Å². The van der Waals surface area contributed by atoms with E-state index in [1.165, 1.54) is 5.56 Å². The fourth-order valence-corrected chi connectivity index (χ4v) is 2.93. The van der Waals surface area contributed by atoms with Crippen molar-refractivity contribution in [2.75, 3.05) is 7.11 Å². The molecule has 2 heterocycles. The van der Waals surface area contributed by atoms with Gasteiger partial charge in [0.25, 0.3) is 0 Å². The molecule has 0 spiro atoms. The molecule has 1 aromatic carbocycles. The Balaban J connectivity index is 1.76. The fraction of sp³-hybridized carbons (Fsp3) is 0.312. The van der Waals surface area contributed by atoms with Gasteiger partial charge in [0.05, 0.1) is 12.1 Å². The molecule has 0 aliphatic heterocycles. The molecule has 0 saturated carbocycles. The summed E-state index contributed by atoms with van der Waals surface area (Å²) >= 11 is 1.58. The van der Waals surface area contributed by atoms with Gasteiger partial charge in [-0.05, 0) is 19.9 Å². The van der Waals surface area contributed by atoms with E-state index < -0.39 is 0 Å². The van der Waals surface area contributed by atoms with Crippen LogP contribution in [0.25, 0.3) is 11.4 Å². The highest BCUT2D eigenvalue weighted by Gasteiger charge is 2.13. The van der Waals surface area contributed by atoms with Gasteiger partial charge in [-0.1, -0.05) is 28.9 Å². The molecule has 22 heavy (non-hydrogen) atoms. The minimum absolute atomic E-state index is 0.00397. The molecule has 3 rings (SSSR count). The highest BCUT2D eigenvalue weighted by Crippen LogP contribution is 2.22. The molecule has 1 atom stereocenters. The molecule has 3 aromatic rings. The van der Waals surface area contributed by atoms with E-state index in [0.29, 0.717) is 18.1 Å². The highest BCUT2D eigenvalue weighted by atomic mass is 32.1. The summed E-state index contributed by atoms with van der Waals surface area (Å²) in [5, 5.41) is 7.00. The van der Waals surface area contributed by atoms with E-state index in [-0.39, 0.29) is 6.10 Å². The lowest BCUT2D eigenvalue weighted by atomic mass is 10.1. The maximum Gasteiger partial charge on any atom is 0.233 e. The number of thiazole rings is 1. The first kappa shape index (κ1) is 14.9. The van der Waals surface area contributed by atoms with Gasteiger partial charge in [0.2, 0.25) is 11.7 Å². The molecule has 0 aliphatic rings. The Morgan fingerprint density at radius 2 is 2.18 bits per heavy atom. The first-order valence-corrected chi connectivity index (χ1v) is 7.90. The van der Waals surface area contributed by atoms with E-state index in [4.69, 9.17) is 9.26 Å². The van der Waals surface area contributed by atoms with Crippen LogP contribution >= 0.6 is 11.3 Å². The monoisotopic (exact) mass is 315 g/mol. The maximum absolute atomic E-state index is 5.33. The first-order chi connectivity index (χ1) is 10.7. The summed E-state index contributed by atoms with van der Waals surface area (Å²) in [6.07, 6.45) is 0.537. The average Bonchev–Trinajstić information content (AvgIpc) is 3.16. The lowest BCUT2D eigenvalue weighted by molar-refractivity contribution is 0.119. The second-order valence-corrected chi connectivity index (χ2v) is 6.00. The van der Waals surface area contributed by atoms with Crippen molar-refractivity contribution in [3.8, 4) is 11.4 Å². The number of rotatable bonds is 5. The normalized spacial score (nSPS) is 12.5. The average molecular weight is 315 g/mol. The van der Waals surface area contributed by atoms with E-state index in [1.807, 2.05) is 43.5 Å². The third-order valence-electron chi connectivity index (χ3n) is 3.35. The number of methoxy groups -OCH3 is 1. The number of aryl methyl sites for hydroxylation is 1. The molecular formula is C16H17N3O2S. The van der Waals surface area contributed by atoms with Crippen LogP contribution in [-0.4, -0.2) is 22.2 Å². The van der Waals surface area contributed by atoms with Crippen LogP contribution < -0.4 is 0 Å². The van der Waals surface area contributed by atoms with Crippen molar-refractivity contribution in [1.29, 1.82) is 0 Å². The third-order valence-corrected chi connectivity index (χ3v) is 4.40. The Labute approximate surface area is 133 Å². The van der Waals surface area contributed by atoms with Crippen LogP contribution in [-0.2, 0) is 11.2 Å². The first-order valence-electron chi connectivity index (χ1n) is 7.02. The predicted molar refractivity (Wildman–Crippen MR) is 84.8 cm³/mol. The quantitative estimate of drug-likeness (QED) is 0.716. The van der Waals surface area contributed by atoms with Gasteiger partial charge in [0.15, 0.2) is 0 Å². The van der Waals surface area contributed by atoms with Crippen LogP contribution in [0, 0.1) is 6.92 Å².